The van der Waals surface area contributed by atoms with Crippen LogP contribution in [0.4, 0.5) is 0 Å². The Labute approximate surface area is 650 Å². The van der Waals surface area contributed by atoms with Crippen LogP contribution in [0.25, 0.3) is 0 Å². The molecule has 0 aliphatic heterocycles. The fraction of sp³-hybridized carbons (Fsp3) is 0.915. The minimum absolute atomic E-state index is 0.0360. The summed E-state index contributed by atoms with van der Waals surface area (Å²) in [5, 5.41) is 0. The van der Waals surface area contributed by atoms with Crippen molar-refractivity contribution >= 4 is 19.8 Å². The molecule has 9 nitrogen and oxygen atoms in total. The molecule has 0 aliphatic carbocycles. The van der Waals surface area contributed by atoms with Crippen molar-refractivity contribution in [3.05, 3.63) is 36.5 Å². The second-order valence-electron chi connectivity index (χ2n) is 33.4. The number of rotatable bonds is 89. The Balaban J connectivity index is 3.81. The second kappa shape index (κ2) is 85.2. The number of carbonyl (C=O) groups is 2. The highest BCUT2D eigenvalue weighted by Crippen LogP contribution is 2.43. The van der Waals surface area contributed by atoms with Crippen LogP contribution in [0.1, 0.15) is 502 Å². The monoisotopic (exact) mass is 1490 g/mol. The van der Waals surface area contributed by atoms with Crippen LogP contribution >= 0.6 is 7.82 Å². The molecule has 0 saturated carbocycles. The topological polar surface area (TPSA) is 108 Å². The van der Waals surface area contributed by atoms with Crippen molar-refractivity contribution in [3.8, 4) is 0 Å². The summed E-state index contributed by atoms with van der Waals surface area (Å²) >= 11 is 0. The van der Waals surface area contributed by atoms with Crippen LogP contribution in [0.3, 0.4) is 0 Å². The normalized spacial score (nSPS) is 13.0. The van der Waals surface area contributed by atoms with Gasteiger partial charge in [0.2, 0.25) is 0 Å². The Morgan fingerprint density at radius 2 is 0.519 bits per heavy atom. The Kier molecular flexibility index (Phi) is 83.8. The van der Waals surface area contributed by atoms with E-state index >= 15 is 0 Å². The van der Waals surface area contributed by atoms with Gasteiger partial charge < -0.3 is 18.9 Å². The maximum Gasteiger partial charge on any atom is 0.472 e. The number of phosphoric ester groups is 1. The first-order chi connectivity index (χ1) is 51.0. The molecule has 0 bridgehead atoms. The molecule has 1 N–H and O–H groups in total. The smallest absolute Gasteiger partial charge is 0.462 e. The average Bonchev–Trinajstić information content (AvgIpc) is 0.915. The van der Waals surface area contributed by atoms with Gasteiger partial charge >= 0.3 is 19.8 Å². The van der Waals surface area contributed by atoms with Gasteiger partial charge in [-0.15, -0.1) is 0 Å². The lowest BCUT2D eigenvalue weighted by molar-refractivity contribution is -0.870. The van der Waals surface area contributed by atoms with E-state index in [4.69, 9.17) is 18.5 Å². The molecule has 616 valence electrons. The third-order valence-electron chi connectivity index (χ3n) is 21.7. The summed E-state index contributed by atoms with van der Waals surface area (Å²) in [4.78, 5) is 36.1. The summed E-state index contributed by atoms with van der Waals surface area (Å²) in [6, 6.07) is 0. The number of carbonyl (C=O) groups excluding carboxylic acids is 2. The zero-order chi connectivity index (χ0) is 75.4. The predicted octanol–water partition coefficient (Wildman–Crippen LogP) is 31.6. The van der Waals surface area contributed by atoms with Crippen molar-refractivity contribution < 1.29 is 42.1 Å². The Morgan fingerprint density at radius 3 is 0.769 bits per heavy atom. The Morgan fingerprint density at radius 1 is 0.298 bits per heavy atom. The predicted molar refractivity (Wildman–Crippen MR) is 455 cm³/mol. The average molecular weight is 1490 g/mol. The lowest BCUT2D eigenvalue weighted by Gasteiger charge is -2.24. The number of quaternary nitrogens is 1. The quantitative estimate of drug-likeness (QED) is 0.0211. The lowest BCUT2D eigenvalue weighted by Crippen LogP contribution is -2.37. The molecule has 0 fully saturated rings. The number of phosphoric acid groups is 1. The van der Waals surface area contributed by atoms with Gasteiger partial charge in [0.1, 0.15) is 19.8 Å². The number of unbranched alkanes of at least 4 members (excludes halogenated alkanes) is 69. The zero-order valence-corrected chi connectivity index (χ0v) is 71.7. The van der Waals surface area contributed by atoms with Crippen LogP contribution in [0.15, 0.2) is 36.5 Å². The Bertz CT molecular complexity index is 1850. The SMILES string of the molecule is CCCCCCC/C=C\C/C=C\C/C=C\CCCCCCCCCCCCCCCCCCCCCCCCCCC(=O)OC(COC(=O)CCCCCCCCCCCCCCCCCCCCCCCCCCCCCCCCCCCCCCCCCCC)COP(=O)(O)OCC[N+](C)(C)C. The molecule has 0 heterocycles. The molecule has 10 heteroatoms. The van der Waals surface area contributed by atoms with Gasteiger partial charge in [-0.2, -0.15) is 0 Å². The first-order valence-electron chi connectivity index (χ1n) is 46.7. The maximum absolute atomic E-state index is 13.0. The number of esters is 2. The third-order valence-corrected chi connectivity index (χ3v) is 22.7. The van der Waals surface area contributed by atoms with E-state index < -0.39 is 26.5 Å². The molecule has 0 saturated heterocycles. The van der Waals surface area contributed by atoms with E-state index in [2.05, 4.69) is 50.3 Å². The summed E-state index contributed by atoms with van der Waals surface area (Å²) in [5.74, 6) is -0.766. The molecule has 0 aromatic heterocycles. The van der Waals surface area contributed by atoms with Crippen molar-refractivity contribution in [1.29, 1.82) is 0 Å². The first kappa shape index (κ1) is 102. The molecule has 2 atom stereocenters. The molecule has 0 rings (SSSR count). The summed E-state index contributed by atoms with van der Waals surface area (Å²) in [7, 11) is 1.51. The molecule has 0 spiro atoms. The standard InChI is InChI=1S/C94H182NO8P/c1-6-8-10-12-14-16-18-20-22-24-26-28-30-32-34-36-38-40-42-44-46-47-49-50-52-54-56-58-60-62-64-66-68-70-72-74-76-78-80-82-84-86-93(96)100-90-92(91-102-104(98,99)101-89-88-95(3,4)5)103-94(97)87-85-83-81-79-77-75-73-71-69-67-65-63-61-59-57-55-53-51-48-45-43-41-39-37-35-33-31-29-27-25-23-21-19-17-15-13-11-9-7-2/h19,21,25,27,31,33,92H,6-18,20,22-24,26,28-30,32,34-91H2,1-5H3/p+1/b21-19-,27-25-,33-31-. The van der Waals surface area contributed by atoms with Gasteiger partial charge in [0.05, 0.1) is 27.7 Å². The van der Waals surface area contributed by atoms with Crippen molar-refractivity contribution in [2.75, 3.05) is 47.5 Å². The van der Waals surface area contributed by atoms with Gasteiger partial charge in [-0.3, -0.25) is 18.6 Å². The first-order valence-corrected chi connectivity index (χ1v) is 48.2. The van der Waals surface area contributed by atoms with Crippen molar-refractivity contribution in [3.63, 3.8) is 0 Å². The largest absolute Gasteiger partial charge is 0.472 e. The van der Waals surface area contributed by atoms with Gasteiger partial charge in [-0.1, -0.05) is 474 Å². The molecule has 2 unspecified atom stereocenters. The van der Waals surface area contributed by atoms with E-state index in [0.717, 1.165) is 51.4 Å². The highest BCUT2D eigenvalue weighted by Gasteiger charge is 2.27. The highest BCUT2D eigenvalue weighted by molar-refractivity contribution is 7.47. The number of hydrogen-bond acceptors (Lipinski definition) is 7. The number of nitrogens with zero attached hydrogens (tertiary/aromatic N) is 1. The molecule has 0 radical (unpaired) electrons. The van der Waals surface area contributed by atoms with E-state index in [1.54, 1.807) is 0 Å². The molecule has 0 amide bonds. The van der Waals surface area contributed by atoms with Crippen LogP contribution in [0.5, 0.6) is 0 Å². The molecule has 0 aromatic rings. The van der Waals surface area contributed by atoms with E-state index in [0.29, 0.717) is 17.4 Å². The summed E-state index contributed by atoms with van der Waals surface area (Å²) in [6.45, 7) is 4.52. The minimum Gasteiger partial charge on any atom is -0.462 e. The van der Waals surface area contributed by atoms with E-state index in [-0.39, 0.29) is 25.6 Å². The molecule has 0 aromatic carbocycles. The maximum atomic E-state index is 13.0. The zero-order valence-electron chi connectivity index (χ0n) is 70.8. The Hall–Kier alpha value is -1.77. The second-order valence-corrected chi connectivity index (χ2v) is 34.9. The van der Waals surface area contributed by atoms with Crippen LogP contribution < -0.4 is 0 Å². The number of allylic oxidation sites excluding steroid dienone is 6. The van der Waals surface area contributed by atoms with Crippen LogP contribution in [0, 0.1) is 0 Å². The lowest BCUT2D eigenvalue weighted by atomic mass is 10.0. The summed E-state index contributed by atoms with van der Waals surface area (Å²) in [5.41, 5.74) is 0. The van der Waals surface area contributed by atoms with Crippen LogP contribution in [-0.2, 0) is 32.7 Å². The number of ether oxygens (including phenoxy) is 2. The van der Waals surface area contributed by atoms with E-state index in [1.165, 1.54) is 424 Å². The van der Waals surface area contributed by atoms with Gasteiger partial charge in [-0.25, -0.2) is 4.57 Å². The molecular weight excluding hydrogens is 1300 g/mol. The fourth-order valence-electron chi connectivity index (χ4n) is 14.6. The minimum atomic E-state index is -4.40. The van der Waals surface area contributed by atoms with Crippen LogP contribution in [-0.4, -0.2) is 74.9 Å². The molecule has 104 heavy (non-hydrogen) atoms. The van der Waals surface area contributed by atoms with Gasteiger partial charge in [0.25, 0.3) is 0 Å². The van der Waals surface area contributed by atoms with Gasteiger partial charge in [-0.05, 0) is 51.4 Å². The molecular formula is C94H183NO8P+. The van der Waals surface area contributed by atoms with E-state index in [1.807, 2.05) is 21.1 Å². The van der Waals surface area contributed by atoms with Crippen molar-refractivity contribution in [2.24, 2.45) is 0 Å². The van der Waals surface area contributed by atoms with Gasteiger partial charge in [0.15, 0.2) is 6.10 Å². The van der Waals surface area contributed by atoms with Gasteiger partial charge in [0, 0.05) is 12.8 Å². The fourth-order valence-corrected chi connectivity index (χ4v) is 15.3. The summed E-state index contributed by atoms with van der Waals surface area (Å²) in [6.07, 6.45) is 114. The highest BCUT2D eigenvalue weighted by atomic mass is 31.2. The van der Waals surface area contributed by atoms with Crippen molar-refractivity contribution in [1.82, 2.24) is 0 Å². The molecule has 0 aliphatic rings. The van der Waals surface area contributed by atoms with Crippen molar-refractivity contribution in [2.45, 2.75) is 508 Å². The van der Waals surface area contributed by atoms with Crippen LogP contribution in [0.2, 0.25) is 0 Å². The van der Waals surface area contributed by atoms with E-state index in [9.17, 15) is 19.0 Å². The summed E-state index contributed by atoms with van der Waals surface area (Å²) < 4.78 is 34.9. The third kappa shape index (κ3) is 89.1. The number of likely N-dealkylation sites (N-methyl/N-ethyl adjacent to an activating group) is 1. The number of hydrogen-bond donors (Lipinski definition) is 1.